The smallest absolute Gasteiger partial charge is 0.217 e. The van der Waals surface area contributed by atoms with Gasteiger partial charge in [-0.3, -0.25) is 4.79 Å². The number of rotatable bonds is 3. The molecular weight excluding hydrogens is 186 g/mol. The van der Waals surface area contributed by atoms with Crippen LogP contribution in [0.2, 0.25) is 0 Å². The molecule has 1 amide bonds. The molecule has 0 aromatic heterocycles. The molecule has 0 aliphatic carbocycles. The molecule has 2 N–H and O–H groups in total. The van der Waals surface area contributed by atoms with Crippen molar-refractivity contribution in [2.45, 2.75) is 38.2 Å². The number of aliphatic hydroxyl groups excluding tert-OH is 1. The van der Waals surface area contributed by atoms with Gasteiger partial charge in [-0.05, 0) is 12.8 Å². The lowest BCUT2D eigenvalue weighted by atomic mass is 10.0. The van der Waals surface area contributed by atoms with E-state index in [1.165, 1.54) is 14.0 Å². The first-order valence-electron chi connectivity index (χ1n) is 4.73. The van der Waals surface area contributed by atoms with Gasteiger partial charge < -0.3 is 19.9 Å². The first-order valence-corrected chi connectivity index (χ1v) is 4.73. The minimum Gasteiger partial charge on any atom is -0.394 e. The minimum atomic E-state index is -0.454. The summed E-state index contributed by atoms with van der Waals surface area (Å²) in [6.07, 6.45) is 0.875. The van der Waals surface area contributed by atoms with Gasteiger partial charge in [0.15, 0.2) is 6.29 Å². The molecule has 1 aliphatic rings. The van der Waals surface area contributed by atoms with Crippen LogP contribution in [-0.4, -0.2) is 43.2 Å². The van der Waals surface area contributed by atoms with E-state index in [-0.39, 0.29) is 24.7 Å². The van der Waals surface area contributed by atoms with Crippen molar-refractivity contribution >= 4 is 5.91 Å². The Morgan fingerprint density at radius 1 is 1.64 bits per heavy atom. The number of ether oxygens (including phenoxy) is 2. The van der Waals surface area contributed by atoms with Gasteiger partial charge in [0.25, 0.3) is 0 Å². The molecule has 0 aromatic rings. The summed E-state index contributed by atoms with van der Waals surface area (Å²) in [7, 11) is 1.53. The maximum Gasteiger partial charge on any atom is 0.217 e. The molecule has 0 aromatic carbocycles. The van der Waals surface area contributed by atoms with Gasteiger partial charge in [0.05, 0.1) is 18.8 Å². The Hall–Kier alpha value is -0.650. The second kappa shape index (κ2) is 5.29. The summed E-state index contributed by atoms with van der Waals surface area (Å²) in [5, 5.41) is 11.7. The fourth-order valence-electron chi connectivity index (χ4n) is 1.61. The Bertz CT molecular complexity index is 197. The molecule has 1 fully saturated rings. The number of amides is 1. The van der Waals surface area contributed by atoms with Gasteiger partial charge in [-0.15, -0.1) is 0 Å². The minimum absolute atomic E-state index is 0.00729. The predicted molar refractivity (Wildman–Crippen MR) is 49.6 cm³/mol. The molecule has 0 saturated carbocycles. The molecule has 1 heterocycles. The normalized spacial score (nSPS) is 32.6. The Kier molecular flexibility index (Phi) is 4.31. The average molecular weight is 203 g/mol. The predicted octanol–water partition coefficient (Wildman–Crippen LogP) is -0.365. The van der Waals surface area contributed by atoms with Crippen molar-refractivity contribution in [3.05, 3.63) is 0 Å². The number of carbonyl (C=O) groups excluding carboxylic acids is 1. The molecule has 3 unspecified atom stereocenters. The van der Waals surface area contributed by atoms with Crippen molar-refractivity contribution in [1.29, 1.82) is 0 Å². The Morgan fingerprint density at radius 3 is 2.86 bits per heavy atom. The monoisotopic (exact) mass is 203 g/mol. The van der Waals surface area contributed by atoms with Gasteiger partial charge in [0.2, 0.25) is 5.91 Å². The van der Waals surface area contributed by atoms with Crippen LogP contribution in [0, 0.1) is 0 Å². The quantitative estimate of drug-likeness (QED) is 0.657. The maximum absolute atomic E-state index is 10.9. The molecular formula is C9H17NO4. The summed E-state index contributed by atoms with van der Waals surface area (Å²) in [4.78, 5) is 10.9. The van der Waals surface area contributed by atoms with Crippen LogP contribution < -0.4 is 5.32 Å². The van der Waals surface area contributed by atoms with Crippen molar-refractivity contribution in [2.75, 3.05) is 13.7 Å². The summed E-state index contributed by atoms with van der Waals surface area (Å²) in [6, 6.07) is -0.111. The van der Waals surface area contributed by atoms with E-state index >= 15 is 0 Å². The van der Waals surface area contributed by atoms with Crippen LogP contribution in [0.15, 0.2) is 0 Å². The average Bonchev–Trinajstić information content (AvgIpc) is 2.17. The molecule has 14 heavy (non-hydrogen) atoms. The summed E-state index contributed by atoms with van der Waals surface area (Å²) in [6.45, 7) is 1.46. The van der Waals surface area contributed by atoms with Crippen molar-refractivity contribution in [3.63, 3.8) is 0 Å². The van der Waals surface area contributed by atoms with Gasteiger partial charge in [-0.1, -0.05) is 0 Å². The first-order chi connectivity index (χ1) is 6.67. The highest BCUT2D eigenvalue weighted by Gasteiger charge is 2.31. The molecule has 82 valence electrons. The molecule has 1 saturated heterocycles. The third-order valence-corrected chi connectivity index (χ3v) is 2.28. The Balaban J connectivity index is 2.47. The molecule has 1 rings (SSSR count). The van der Waals surface area contributed by atoms with E-state index in [0.29, 0.717) is 0 Å². The van der Waals surface area contributed by atoms with Crippen molar-refractivity contribution < 1.29 is 19.4 Å². The first kappa shape index (κ1) is 11.4. The molecule has 0 radical (unpaired) electrons. The second-order valence-electron chi connectivity index (χ2n) is 3.43. The summed E-state index contributed by atoms with van der Waals surface area (Å²) in [5.74, 6) is -0.0944. The zero-order valence-electron chi connectivity index (χ0n) is 8.53. The van der Waals surface area contributed by atoms with E-state index in [9.17, 15) is 4.79 Å². The standard InChI is InChI=1S/C9H17NO4/c1-6(12)10-8-4-3-7(5-11)14-9(8)13-2/h7-9,11H,3-5H2,1-2H3,(H,10,12). The highest BCUT2D eigenvalue weighted by atomic mass is 16.7. The summed E-state index contributed by atoms with van der Waals surface area (Å²) < 4.78 is 10.5. The van der Waals surface area contributed by atoms with E-state index in [1.807, 2.05) is 0 Å². The van der Waals surface area contributed by atoms with Crippen LogP contribution in [0.1, 0.15) is 19.8 Å². The van der Waals surface area contributed by atoms with Gasteiger partial charge in [0, 0.05) is 14.0 Å². The number of carbonyl (C=O) groups is 1. The lowest BCUT2D eigenvalue weighted by molar-refractivity contribution is -0.202. The molecule has 0 spiro atoms. The van der Waals surface area contributed by atoms with Gasteiger partial charge in [-0.25, -0.2) is 0 Å². The van der Waals surface area contributed by atoms with Gasteiger partial charge in [-0.2, -0.15) is 0 Å². The number of hydrogen-bond donors (Lipinski definition) is 2. The van der Waals surface area contributed by atoms with Gasteiger partial charge in [0.1, 0.15) is 0 Å². The zero-order chi connectivity index (χ0) is 10.6. The highest BCUT2D eigenvalue weighted by Crippen LogP contribution is 2.19. The lowest BCUT2D eigenvalue weighted by Gasteiger charge is -2.34. The Morgan fingerprint density at radius 2 is 2.36 bits per heavy atom. The van der Waals surface area contributed by atoms with Crippen LogP contribution in [0.25, 0.3) is 0 Å². The van der Waals surface area contributed by atoms with Gasteiger partial charge >= 0.3 is 0 Å². The lowest BCUT2D eigenvalue weighted by Crippen LogP contribution is -2.50. The zero-order valence-corrected chi connectivity index (χ0v) is 8.53. The van der Waals surface area contributed by atoms with E-state index in [0.717, 1.165) is 12.8 Å². The van der Waals surface area contributed by atoms with Crippen LogP contribution in [0.5, 0.6) is 0 Å². The third kappa shape index (κ3) is 2.94. The number of aliphatic hydroxyl groups is 1. The SMILES string of the molecule is COC1OC(CO)CCC1NC(C)=O. The third-order valence-electron chi connectivity index (χ3n) is 2.28. The van der Waals surface area contributed by atoms with Crippen molar-refractivity contribution in [1.82, 2.24) is 5.32 Å². The molecule has 0 bridgehead atoms. The Labute approximate surface area is 83.4 Å². The van der Waals surface area contributed by atoms with E-state index in [4.69, 9.17) is 14.6 Å². The molecule has 3 atom stereocenters. The van der Waals surface area contributed by atoms with Crippen LogP contribution in [0.4, 0.5) is 0 Å². The fraction of sp³-hybridized carbons (Fsp3) is 0.889. The molecule has 5 heteroatoms. The number of hydrogen-bond acceptors (Lipinski definition) is 4. The largest absolute Gasteiger partial charge is 0.394 e. The summed E-state index contributed by atoms with van der Waals surface area (Å²) in [5.41, 5.74) is 0. The van der Waals surface area contributed by atoms with Crippen molar-refractivity contribution in [3.8, 4) is 0 Å². The van der Waals surface area contributed by atoms with E-state index in [2.05, 4.69) is 5.32 Å². The number of methoxy groups -OCH3 is 1. The van der Waals surface area contributed by atoms with Crippen LogP contribution in [-0.2, 0) is 14.3 Å². The van der Waals surface area contributed by atoms with E-state index in [1.54, 1.807) is 0 Å². The maximum atomic E-state index is 10.9. The fourth-order valence-corrected chi connectivity index (χ4v) is 1.61. The van der Waals surface area contributed by atoms with Crippen molar-refractivity contribution in [2.24, 2.45) is 0 Å². The molecule has 5 nitrogen and oxygen atoms in total. The number of nitrogens with one attached hydrogen (secondary N) is 1. The topological polar surface area (TPSA) is 67.8 Å². The van der Waals surface area contributed by atoms with Crippen LogP contribution in [0.3, 0.4) is 0 Å². The second-order valence-corrected chi connectivity index (χ2v) is 3.43. The van der Waals surface area contributed by atoms with E-state index < -0.39 is 6.29 Å². The molecule has 1 aliphatic heterocycles. The highest BCUT2D eigenvalue weighted by molar-refractivity contribution is 5.73. The summed E-state index contributed by atoms with van der Waals surface area (Å²) >= 11 is 0. The van der Waals surface area contributed by atoms with Crippen LogP contribution >= 0.6 is 0 Å².